The van der Waals surface area contributed by atoms with Crippen molar-refractivity contribution in [1.29, 1.82) is 0 Å². The topological polar surface area (TPSA) is 45.2 Å². The molecular formula is C27H33N3OS. The van der Waals surface area contributed by atoms with Crippen LogP contribution in [0.5, 0.6) is 0 Å². The molecule has 0 unspecified atom stereocenters. The zero-order chi connectivity index (χ0) is 22.5. The van der Waals surface area contributed by atoms with Crippen LogP contribution in [-0.2, 0) is 0 Å². The van der Waals surface area contributed by atoms with E-state index in [-0.39, 0.29) is 6.03 Å². The first-order valence-electron chi connectivity index (χ1n) is 11.8. The highest BCUT2D eigenvalue weighted by molar-refractivity contribution is 7.14. The largest absolute Gasteiger partial charge is 0.328 e. The zero-order valence-electron chi connectivity index (χ0n) is 19.4. The number of aromatic nitrogens is 1. The van der Waals surface area contributed by atoms with E-state index in [1.807, 2.05) is 18.2 Å². The number of nitrogens with one attached hydrogen (secondary N) is 1. The van der Waals surface area contributed by atoms with Gasteiger partial charge in [-0.05, 0) is 67.9 Å². The summed E-state index contributed by atoms with van der Waals surface area (Å²) in [5, 5.41) is 5.83. The number of nitrogens with zero attached hydrogens (tertiary/aromatic N) is 2. The van der Waals surface area contributed by atoms with Crippen LogP contribution in [0.2, 0.25) is 0 Å². The van der Waals surface area contributed by atoms with E-state index in [4.69, 9.17) is 4.98 Å². The number of anilines is 2. The first-order chi connectivity index (χ1) is 15.5. The second-order valence-electron chi connectivity index (χ2n) is 8.85. The van der Waals surface area contributed by atoms with Crippen LogP contribution in [0.15, 0.2) is 47.8 Å². The minimum atomic E-state index is -0.136. The van der Waals surface area contributed by atoms with Crippen molar-refractivity contribution < 1.29 is 4.79 Å². The van der Waals surface area contributed by atoms with Gasteiger partial charge in [-0.25, -0.2) is 9.78 Å². The molecule has 2 aromatic carbocycles. The van der Waals surface area contributed by atoms with Crippen LogP contribution in [0.4, 0.5) is 15.6 Å². The van der Waals surface area contributed by atoms with E-state index in [0.29, 0.717) is 12.5 Å². The molecule has 3 aromatic rings. The smallest absolute Gasteiger partial charge is 0.307 e. The number of benzene rings is 2. The number of aryl methyl sites for hydroxylation is 2. The molecule has 4 nitrogen and oxygen atoms in total. The number of urea groups is 1. The molecule has 1 saturated carbocycles. The second-order valence-corrected chi connectivity index (χ2v) is 9.69. The molecule has 1 aliphatic rings. The van der Waals surface area contributed by atoms with Crippen LogP contribution in [0, 0.1) is 13.8 Å². The van der Waals surface area contributed by atoms with Crippen molar-refractivity contribution in [2.75, 3.05) is 16.8 Å². The first kappa shape index (κ1) is 22.5. The van der Waals surface area contributed by atoms with E-state index < -0.39 is 0 Å². The third kappa shape index (κ3) is 5.21. The molecule has 1 aliphatic carbocycles. The van der Waals surface area contributed by atoms with E-state index >= 15 is 0 Å². The van der Waals surface area contributed by atoms with Crippen molar-refractivity contribution >= 4 is 28.2 Å². The molecule has 0 atom stereocenters. The van der Waals surface area contributed by atoms with E-state index in [9.17, 15) is 4.79 Å². The normalized spacial score (nSPS) is 14.3. The maximum absolute atomic E-state index is 13.0. The van der Waals surface area contributed by atoms with Crippen LogP contribution >= 0.6 is 11.3 Å². The number of amides is 2. The van der Waals surface area contributed by atoms with Crippen molar-refractivity contribution in [2.45, 2.75) is 65.2 Å². The standard InChI is InChI=1S/C27H33N3OS/c1-4-16-30(26(31)28-24-15-10-19(2)20(3)17-24)27-29-25(18-32-27)23-13-11-22(12-14-23)21-8-6-5-7-9-21/h10-15,17-18,21H,4-9,16H2,1-3H3,(H,28,31). The molecule has 0 radical (unpaired) electrons. The number of hydrogen-bond acceptors (Lipinski definition) is 3. The number of hydrogen-bond donors (Lipinski definition) is 1. The van der Waals surface area contributed by atoms with Crippen molar-refractivity contribution in [3.05, 3.63) is 64.5 Å². The number of carbonyl (C=O) groups excluding carboxylic acids is 1. The fraction of sp³-hybridized carbons (Fsp3) is 0.407. The maximum Gasteiger partial charge on any atom is 0.328 e. The van der Waals surface area contributed by atoms with Crippen molar-refractivity contribution in [3.63, 3.8) is 0 Å². The summed E-state index contributed by atoms with van der Waals surface area (Å²) in [4.78, 5) is 19.6. The Hall–Kier alpha value is -2.66. The van der Waals surface area contributed by atoms with Crippen LogP contribution in [0.25, 0.3) is 11.3 Å². The molecule has 2 amide bonds. The first-order valence-corrected chi connectivity index (χ1v) is 12.6. The number of rotatable bonds is 6. The molecule has 4 rings (SSSR count). The van der Waals surface area contributed by atoms with Crippen molar-refractivity contribution in [3.8, 4) is 11.3 Å². The summed E-state index contributed by atoms with van der Waals surface area (Å²) in [6, 6.07) is 14.8. The van der Waals surface area contributed by atoms with Gasteiger partial charge in [0.05, 0.1) is 5.69 Å². The lowest BCUT2D eigenvalue weighted by Crippen LogP contribution is -2.35. The highest BCUT2D eigenvalue weighted by atomic mass is 32.1. The van der Waals surface area contributed by atoms with Gasteiger partial charge in [-0.15, -0.1) is 11.3 Å². The van der Waals surface area contributed by atoms with E-state index in [1.54, 1.807) is 4.90 Å². The van der Waals surface area contributed by atoms with Gasteiger partial charge in [-0.1, -0.05) is 56.5 Å². The van der Waals surface area contributed by atoms with Gasteiger partial charge in [0.25, 0.3) is 0 Å². The Morgan fingerprint density at radius 3 is 2.50 bits per heavy atom. The lowest BCUT2D eigenvalue weighted by molar-refractivity contribution is 0.257. The molecule has 5 heteroatoms. The molecule has 0 bridgehead atoms. The van der Waals surface area contributed by atoms with Gasteiger partial charge in [-0.3, -0.25) is 4.90 Å². The van der Waals surface area contributed by atoms with Crippen molar-refractivity contribution in [2.24, 2.45) is 0 Å². The molecule has 0 spiro atoms. The lowest BCUT2D eigenvalue weighted by atomic mass is 9.84. The number of carbonyl (C=O) groups is 1. The molecule has 1 heterocycles. The Morgan fingerprint density at radius 2 is 1.81 bits per heavy atom. The summed E-state index contributed by atoms with van der Waals surface area (Å²) in [5.74, 6) is 0.706. The fourth-order valence-corrected chi connectivity index (χ4v) is 5.26. The van der Waals surface area contributed by atoms with Crippen LogP contribution in [0.3, 0.4) is 0 Å². The van der Waals surface area contributed by atoms with Gasteiger partial charge in [0.15, 0.2) is 5.13 Å². The highest BCUT2D eigenvalue weighted by Crippen LogP contribution is 2.34. The average molecular weight is 448 g/mol. The minimum Gasteiger partial charge on any atom is -0.307 e. The van der Waals surface area contributed by atoms with Crippen LogP contribution in [0.1, 0.15) is 68.1 Å². The van der Waals surface area contributed by atoms with Gasteiger partial charge < -0.3 is 5.32 Å². The Balaban J connectivity index is 1.49. The summed E-state index contributed by atoms with van der Waals surface area (Å²) in [7, 11) is 0. The molecule has 0 aliphatic heterocycles. The zero-order valence-corrected chi connectivity index (χ0v) is 20.2. The van der Waals surface area contributed by atoms with Crippen LogP contribution < -0.4 is 10.2 Å². The van der Waals surface area contributed by atoms with Crippen LogP contribution in [-0.4, -0.2) is 17.6 Å². The summed E-state index contributed by atoms with van der Waals surface area (Å²) >= 11 is 1.52. The highest BCUT2D eigenvalue weighted by Gasteiger charge is 2.20. The monoisotopic (exact) mass is 447 g/mol. The molecule has 1 fully saturated rings. The quantitative estimate of drug-likeness (QED) is 0.417. The Labute approximate surface area is 195 Å². The summed E-state index contributed by atoms with van der Waals surface area (Å²) in [5.41, 5.74) is 6.68. The van der Waals surface area contributed by atoms with Gasteiger partial charge in [-0.2, -0.15) is 0 Å². The van der Waals surface area contributed by atoms with Gasteiger partial charge >= 0.3 is 6.03 Å². The van der Waals surface area contributed by atoms with Gasteiger partial charge in [0.2, 0.25) is 0 Å². The SMILES string of the molecule is CCCN(C(=O)Nc1ccc(C)c(C)c1)c1nc(-c2ccc(C3CCCCC3)cc2)cs1. The number of thiazole rings is 1. The molecule has 32 heavy (non-hydrogen) atoms. The predicted octanol–water partition coefficient (Wildman–Crippen LogP) is 7.92. The van der Waals surface area contributed by atoms with E-state index in [0.717, 1.165) is 34.1 Å². The molecule has 1 N–H and O–H groups in total. The minimum absolute atomic E-state index is 0.136. The Morgan fingerprint density at radius 1 is 1.06 bits per heavy atom. The third-order valence-electron chi connectivity index (χ3n) is 6.46. The molecule has 168 valence electrons. The lowest BCUT2D eigenvalue weighted by Gasteiger charge is -2.22. The maximum atomic E-state index is 13.0. The Bertz CT molecular complexity index is 1050. The molecule has 1 aromatic heterocycles. The molecular weight excluding hydrogens is 414 g/mol. The summed E-state index contributed by atoms with van der Waals surface area (Å²) < 4.78 is 0. The fourth-order valence-electron chi connectivity index (χ4n) is 4.40. The van der Waals surface area contributed by atoms with Crippen molar-refractivity contribution in [1.82, 2.24) is 4.98 Å². The third-order valence-corrected chi connectivity index (χ3v) is 7.32. The summed E-state index contributed by atoms with van der Waals surface area (Å²) in [6.07, 6.45) is 7.55. The second kappa shape index (κ2) is 10.3. The van der Waals surface area contributed by atoms with Gasteiger partial charge in [0, 0.05) is 23.2 Å². The average Bonchev–Trinajstić information content (AvgIpc) is 3.30. The summed E-state index contributed by atoms with van der Waals surface area (Å²) in [6.45, 7) is 6.84. The predicted molar refractivity (Wildman–Crippen MR) is 136 cm³/mol. The van der Waals surface area contributed by atoms with E-state index in [1.165, 1.54) is 54.6 Å². The van der Waals surface area contributed by atoms with Gasteiger partial charge in [0.1, 0.15) is 0 Å². The molecule has 0 saturated heterocycles. The van der Waals surface area contributed by atoms with E-state index in [2.05, 4.69) is 55.7 Å². The Kier molecular flexibility index (Phi) is 7.26.